The molecule has 0 spiro atoms. The van der Waals surface area contributed by atoms with Crippen LogP contribution in [0.2, 0.25) is 0 Å². The van der Waals surface area contributed by atoms with Crippen molar-refractivity contribution in [3.63, 3.8) is 0 Å². The van der Waals surface area contributed by atoms with E-state index in [4.69, 9.17) is 33.4 Å². The molecule has 9 heteroatoms. The monoisotopic (exact) mass is 469 g/mol. The van der Waals surface area contributed by atoms with Crippen molar-refractivity contribution in [3.8, 4) is 17.5 Å². The van der Waals surface area contributed by atoms with Crippen molar-refractivity contribution in [1.29, 1.82) is 5.26 Å². The molecule has 166 valence electrons. The van der Waals surface area contributed by atoms with Crippen molar-refractivity contribution in [2.24, 2.45) is 0 Å². The predicted octanol–water partition coefficient (Wildman–Crippen LogP) is 4.97. The van der Waals surface area contributed by atoms with E-state index in [0.717, 1.165) is 73.1 Å². The van der Waals surface area contributed by atoms with Crippen LogP contribution in [-0.4, -0.2) is 42.2 Å². The van der Waals surface area contributed by atoms with Crippen LogP contribution in [0.25, 0.3) is 11.4 Å². The summed E-state index contributed by atoms with van der Waals surface area (Å²) in [5.74, 6) is 2.43. The van der Waals surface area contributed by atoms with E-state index in [1.165, 1.54) is 0 Å². The van der Waals surface area contributed by atoms with E-state index in [1.54, 1.807) is 18.3 Å². The second-order valence-electron chi connectivity index (χ2n) is 8.11. The van der Waals surface area contributed by atoms with Crippen LogP contribution in [0.5, 0.6) is 0 Å². The highest BCUT2D eigenvalue weighted by Gasteiger charge is 2.32. The normalized spacial score (nSPS) is 20.6. The van der Waals surface area contributed by atoms with Gasteiger partial charge in [0.2, 0.25) is 0 Å². The topological polar surface area (TPSA) is 103 Å². The van der Waals surface area contributed by atoms with E-state index in [-0.39, 0.29) is 16.7 Å². The number of aromatic amines is 1. The SMILES string of the molecule is Cc1cnc(-c2cnc(CCCNc3ccc(C#N)cn3)nc2C2CCC(Cl)CC2Cl)[nH]1. The van der Waals surface area contributed by atoms with Crippen LogP contribution in [-0.2, 0) is 6.42 Å². The maximum absolute atomic E-state index is 8.86. The second-order valence-corrected chi connectivity index (χ2v) is 9.28. The number of H-pyrrole nitrogens is 1. The number of nitrogens with zero attached hydrogens (tertiary/aromatic N) is 5. The molecule has 1 aliphatic carbocycles. The lowest BCUT2D eigenvalue weighted by molar-refractivity contribution is 0.448. The summed E-state index contributed by atoms with van der Waals surface area (Å²) in [5, 5.41) is 12.2. The van der Waals surface area contributed by atoms with Crippen LogP contribution in [0.3, 0.4) is 0 Å². The fraction of sp³-hybridized carbons (Fsp3) is 0.435. The molecule has 0 amide bonds. The van der Waals surface area contributed by atoms with Gasteiger partial charge in [0, 0.05) is 53.9 Å². The zero-order valence-electron chi connectivity index (χ0n) is 17.9. The lowest BCUT2D eigenvalue weighted by atomic mass is 9.84. The summed E-state index contributed by atoms with van der Waals surface area (Å²) in [6.07, 6.45) is 9.40. The summed E-state index contributed by atoms with van der Waals surface area (Å²) in [7, 11) is 0. The number of pyridine rings is 1. The maximum Gasteiger partial charge on any atom is 0.140 e. The zero-order valence-corrected chi connectivity index (χ0v) is 19.4. The lowest BCUT2D eigenvalue weighted by Gasteiger charge is -2.30. The Morgan fingerprint density at radius 2 is 2.03 bits per heavy atom. The number of alkyl halides is 2. The van der Waals surface area contributed by atoms with E-state index in [2.05, 4.69) is 31.3 Å². The van der Waals surface area contributed by atoms with Crippen molar-refractivity contribution in [3.05, 3.63) is 53.5 Å². The Bertz CT molecular complexity index is 1090. The van der Waals surface area contributed by atoms with Gasteiger partial charge in [0.15, 0.2) is 0 Å². The molecule has 3 heterocycles. The van der Waals surface area contributed by atoms with E-state index < -0.39 is 0 Å². The summed E-state index contributed by atoms with van der Waals surface area (Å²) < 4.78 is 0. The Labute approximate surface area is 197 Å². The molecule has 0 radical (unpaired) electrons. The highest BCUT2D eigenvalue weighted by atomic mass is 35.5. The Kier molecular flexibility index (Phi) is 7.23. The minimum atomic E-state index is -0.0621. The van der Waals surface area contributed by atoms with Crippen molar-refractivity contribution < 1.29 is 0 Å². The molecule has 4 rings (SSSR count). The van der Waals surface area contributed by atoms with Crippen LogP contribution < -0.4 is 5.32 Å². The van der Waals surface area contributed by atoms with E-state index in [0.29, 0.717) is 5.56 Å². The first kappa shape index (κ1) is 22.5. The Morgan fingerprint density at radius 1 is 1.16 bits per heavy atom. The van der Waals surface area contributed by atoms with E-state index >= 15 is 0 Å². The first-order valence-electron chi connectivity index (χ1n) is 10.8. The van der Waals surface area contributed by atoms with Gasteiger partial charge < -0.3 is 10.3 Å². The average Bonchev–Trinajstić information content (AvgIpc) is 3.23. The minimum absolute atomic E-state index is 0.0621. The number of nitriles is 1. The smallest absolute Gasteiger partial charge is 0.140 e. The Balaban J connectivity index is 1.47. The number of halogens is 2. The van der Waals surface area contributed by atoms with Crippen molar-refractivity contribution in [2.75, 3.05) is 11.9 Å². The minimum Gasteiger partial charge on any atom is -0.370 e. The third-order valence-corrected chi connectivity index (χ3v) is 6.54. The third-order valence-electron chi connectivity index (χ3n) is 5.66. The van der Waals surface area contributed by atoms with Crippen LogP contribution in [0.1, 0.15) is 54.4 Å². The Hall–Kier alpha value is -2.69. The molecule has 0 saturated heterocycles. The van der Waals surface area contributed by atoms with Gasteiger partial charge in [-0.05, 0) is 44.7 Å². The molecular weight excluding hydrogens is 445 g/mol. The van der Waals surface area contributed by atoms with Gasteiger partial charge >= 0.3 is 0 Å². The fourth-order valence-corrected chi connectivity index (χ4v) is 4.84. The largest absolute Gasteiger partial charge is 0.370 e. The molecule has 7 nitrogen and oxygen atoms in total. The van der Waals surface area contributed by atoms with Gasteiger partial charge in [-0.1, -0.05) is 0 Å². The summed E-state index contributed by atoms with van der Waals surface area (Å²) in [4.78, 5) is 21.6. The Morgan fingerprint density at radius 3 is 2.72 bits per heavy atom. The number of aryl methyl sites for hydroxylation is 2. The molecule has 3 atom stereocenters. The first-order chi connectivity index (χ1) is 15.5. The molecule has 1 aliphatic rings. The first-order valence-corrected chi connectivity index (χ1v) is 11.7. The van der Waals surface area contributed by atoms with Crippen molar-refractivity contribution in [1.82, 2.24) is 24.9 Å². The van der Waals surface area contributed by atoms with Crippen LogP contribution in [0.4, 0.5) is 5.82 Å². The van der Waals surface area contributed by atoms with Gasteiger partial charge in [-0.15, -0.1) is 23.2 Å². The molecule has 1 fully saturated rings. The van der Waals surface area contributed by atoms with Gasteiger partial charge in [0.1, 0.15) is 23.5 Å². The second kappa shape index (κ2) is 10.3. The number of rotatable bonds is 7. The number of nitrogens with one attached hydrogen (secondary N) is 2. The lowest BCUT2D eigenvalue weighted by Crippen LogP contribution is -2.26. The molecule has 3 aromatic heterocycles. The van der Waals surface area contributed by atoms with Gasteiger partial charge in [-0.25, -0.2) is 19.9 Å². The molecule has 0 aromatic carbocycles. The molecule has 32 heavy (non-hydrogen) atoms. The fourth-order valence-electron chi connectivity index (χ4n) is 3.97. The van der Waals surface area contributed by atoms with Gasteiger partial charge in [-0.2, -0.15) is 5.26 Å². The number of hydrogen-bond donors (Lipinski definition) is 2. The number of hydrogen-bond acceptors (Lipinski definition) is 6. The highest BCUT2D eigenvalue weighted by Crippen LogP contribution is 2.40. The number of anilines is 1. The number of aromatic nitrogens is 5. The van der Waals surface area contributed by atoms with E-state index in [9.17, 15) is 0 Å². The molecule has 2 N–H and O–H groups in total. The van der Waals surface area contributed by atoms with Crippen LogP contribution >= 0.6 is 23.2 Å². The molecule has 3 unspecified atom stereocenters. The van der Waals surface area contributed by atoms with Gasteiger partial charge in [0.05, 0.1) is 16.8 Å². The van der Waals surface area contributed by atoms with Crippen molar-refractivity contribution in [2.45, 2.75) is 55.7 Å². The standard InChI is InChI=1S/C23H25Cl2N7/c1-14-11-30-23(31-14)18-13-29-21(32-22(18)17-6-5-16(24)9-19(17)25)3-2-8-27-20-7-4-15(10-26)12-28-20/h4,7,11-13,16-17,19H,2-3,5-6,8-9H2,1H3,(H,27,28)(H,30,31). The summed E-state index contributed by atoms with van der Waals surface area (Å²) in [5.41, 5.74) is 3.40. The summed E-state index contributed by atoms with van der Waals surface area (Å²) >= 11 is 13.1. The van der Waals surface area contributed by atoms with Gasteiger partial charge in [-0.3, -0.25) is 0 Å². The molecule has 1 saturated carbocycles. The van der Waals surface area contributed by atoms with Crippen LogP contribution in [0.15, 0.2) is 30.7 Å². The maximum atomic E-state index is 8.86. The van der Waals surface area contributed by atoms with E-state index in [1.807, 2.05) is 19.3 Å². The number of imidazole rings is 1. The summed E-state index contributed by atoms with van der Waals surface area (Å²) in [6, 6.07) is 5.62. The predicted molar refractivity (Wildman–Crippen MR) is 126 cm³/mol. The van der Waals surface area contributed by atoms with Crippen molar-refractivity contribution >= 4 is 29.0 Å². The molecular formula is C23H25Cl2N7. The highest BCUT2D eigenvalue weighted by molar-refractivity contribution is 6.24. The average molecular weight is 470 g/mol. The zero-order chi connectivity index (χ0) is 22.5. The quantitative estimate of drug-likeness (QED) is 0.373. The molecule has 3 aromatic rings. The van der Waals surface area contributed by atoms with Crippen LogP contribution in [0, 0.1) is 18.3 Å². The molecule has 0 bridgehead atoms. The third kappa shape index (κ3) is 5.37. The summed E-state index contributed by atoms with van der Waals surface area (Å²) in [6.45, 7) is 2.70. The van der Waals surface area contributed by atoms with Gasteiger partial charge in [0.25, 0.3) is 0 Å². The molecule has 0 aliphatic heterocycles.